The third kappa shape index (κ3) is 3.26. The molecule has 2 rings (SSSR count). The molecule has 3 nitrogen and oxygen atoms in total. The van der Waals surface area contributed by atoms with E-state index in [2.05, 4.69) is 0 Å². The van der Waals surface area contributed by atoms with Gasteiger partial charge in [0.25, 0.3) is 0 Å². The third-order valence-corrected chi connectivity index (χ3v) is 2.96. The summed E-state index contributed by atoms with van der Waals surface area (Å²) in [5, 5.41) is 0.0989. The second-order valence-electron chi connectivity index (χ2n) is 4.27. The van der Waals surface area contributed by atoms with Crippen molar-refractivity contribution in [2.45, 2.75) is 0 Å². The first kappa shape index (κ1) is 13.4. The molecule has 0 aliphatic carbocycles. The molecule has 0 aliphatic rings. The Labute approximate surface area is 116 Å². The average molecular weight is 276 g/mol. The molecule has 0 spiro atoms. The van der Waals surface area contributed by atoms with E-state index in [4.69, 9.17) is 16.0 Å². The second-order valence-corrected chi connectivity index (χ2v) is 4.65. The highest BCUT2D eigenvalue weighted by Gasteiger charge is 2.09. The quantitative estimate of drug-likeness (QED) is 0.859. The van der Waals surface area contributed by atoms with E-state index in [9.17, 15) is 4.79 Å². The van der Waals surface area contributed by atoms with Gasteiger partial charge in [0.05, 0.1) is 5.69 Å². The van der Waals surface area contributed by atoms with Crippen molar-refractivity contribution in [1.82, 2.24) is 0 Å². The van der Waals surface area contributed by atoms with E-state index in [0.29, 0.717) is 11.4 Å². The van der Waals surface area contributed by atoms with Gasteiger partial charge in [-0.1, -0.05) is 48.0 Å². The van der Waals surface area contributed by atoms with Crippen LogP contribution in [0, 0.1) is 0 Å². The summed E-state index contributed by atoms with van der Waals surface area (Å²) in [5.74, 6) is 0.474. The molecule has 0 aliphatic heterocycles. The van der Waals surface area contributed by atoms with Crippen LogP contribution in [0.25, 0.3) is 12.2 Å². The van der Waals surface area contributed by atoms with Crippen molar-refractivity contribution in [3.8, 4) is 0 Å². The minimum Gasteiger partial charge on any atom is -0.422 e. The summed E-state index contributed by atoms with van der Waals surface area (Å²) < 4.78 is 5.12. The summed E-state index contributed by atoms with van der Waals surface area (Å²) in [4.78, 5) is 13.4. The molecule has 2 aromatic rings. The number of anilines is 1. The molecule has 0 bridgehead atoms. The number of rotatable bonds is 3. The lowest BCUT2D eigenvalue weighted by Gasteiger charge is -2.13. The molecular formula is C15H14ClNO2. The van der Waals surface area contributed by atoms with Crippen molar-refractivity contribution in [2.24, 2.45) is 0 Å². The maximum absolute atomic E-state index is 11.6. The van der Waals surface area contributed by atoms with Crippen molar-refractivity contribution >= 4 is 29.4 Å². The van der Waals surface area contributed by atoms with E-state index in [0.717, 1.165) is 5.56 Å². The van der Waals surface area contributed by atoms with Gasteiger partial charge in [0.1, 0.15) is 10.8 Å². The molecule has 98 valence electrons. The SMILES string of the molecule is CN(C)c1cc(/C=C/c2ccccc2)oc(=O)c1Cl. The molecule has 0 saturated carbocycles. The van der Waals surface area contributed by atoms with Crippen molar-refractivity contribution in [2.75, 3.05) is 19.0 Å². The van der Waals surface area contributed by atoms with Crippen molar-refractivity contribution < 1.29 is 4.42 Å². The molecule has 4 heteroatoms. The molecule has 0 radical (unpaired) electrons. The minimum atomic E-state index is -0.527. The van der Waals surface area contributed by atoms with E-state index < -0.39 is 5.63 Å². The van der Waals surface area contributed by atoms with Crippen molar-refractivity contribution in [3.05, 3.63) is 63.2 Å². The van der Waals surface area contributed by atoms with Gasteiger partial charge in [0.15, 0.2) is 0 Å². The third-order valence-electron chi connectivity index (χ3n) is 2.62. The lowest BCUT2D eigenvalue weighted by Crippen LogP contribution is -2.14. The molecule has 0 atom stereocenters. The first-order valence-electron chi connectivity index (χ1n) is 5.82. The number of hydrogen-bond acceptors (Lipinski definition) is 3. The van der Waals surface area contributed by atoms with E-state index in [-0.39, 0.29) is 5.02 Å². The van der Waals surface area contributed by atoms with E-state index in [1.165, 1.54) is 0 Å². The van der Waals surface area contributed by atoms with Crippen LogP contribution in [0.1, 0.15) is 11.3 Å². The lowest BCUT2D eigenvalue weighted by atomic mass is 10.2. The first-order chi connectivity index (χ1) is 9.08. The Bertz CT molecular complexity index is 645. The van der Waals surface area contributed by atoms with Crippen LogP contribution in [0.15, 0.2) is 45.6 Å². The standard InChI is InChI=1S/C15H14ClNO2/c1-17(2)13-10-12(19-15(18)14(13)16)9-8-11-6-4-3-5-7-11/h3-10H,1-2H3/b9-8+. The first-order valence-corrected chi connectivity index (χ1v) is 6.20. The molecule has 0 saturated heterocycles. The van der Waals surface area contributed by atoms with Crippen LogP contribution in [-0.4, -0.2) is 14.1 Å². The van der Waals surface area contributed by atoms with Gasteiger partial charge in [0, 0.05) is 20.2 Å². The highest BCUT2D eigenvalue weighted by molar-refractivity contribution is 6.33. The molecule has 0 fully saturated rings. The van der Waals surface area contributed by atoms with Gasteiger partial charge >= 0.3 is 5.63 Å². The largest absolute Gasteiger partial charge is 0.422 e. The van der Waals surface area contributed by atoms with Crippen LogP contribution in [0.3, 0.4) is 0 Å². The van der Waals surface area contributed by atoms with Gasteiger partial charge in [-0.05, 0) is 11.6 Å². The number of benzene rings is 1. The molecular weight excluding hydrogens is 262 g/mol. The van der Waals surface area contributed by atoms with E-state index in [1.807, 2.05) is 50.5 Å². The Morgan fingerprint density at radius 1 is 1.16 bits per heavy atom. The van der Waals surface area contributed by atoms with Crippen molar-refractivity contribution in [1.29, 1.82) is 0 Å². The maximum atomic E-state index is 11.6. The fourth-order valence-electron chi connectivity index (χ4n) is 1.63. The van der Waals surface area contributed by atoms with Crippen LogP contribution >= 0.6 is 11.6 Å². The molecule has 1 aromatic carbocycles. The van der Waals surface area contributed by atoms with Crippen molar-refractivity contribution in [3.63, 3.8) is 0 Å². The predicted molar refractivity (Wildman–Crippen MR) is 79.7 cm³/mol. The Hall–Kier alpha value is -2.00. The second kappa shape index (κ2) is 5.76. The zero-order valence-electron chi connectivity index (χ0n) is 10.8. The smallest absolute Gasteiger partial charge is 0.357 e. The van der Waals surface area contributed by atoms with E-state index >= 15 is 0 Å². The average Bonchev–Trinajstić information content (AvgIpc) is 2.41. The van der Waals surface area contributed by atoms with Gasteiger partial charge in [-0.15, -0.1) is 0 Å². The fourth-order valence-corrected chi connectivity index (χ4v) is 1.90. The summed E-state index contributed by atoms with van der Waals surface area (Å²) in [5.41, 5.74) is 1.15. The number of hydrogen-bond donors (Lipinski definition) is 0. The Kier molecular flexibility index (Phi) is 4.07. The lowest BCUT2D eigenvalue weighted by molar-refractivity contribution is 0.502. The van der Waals surface area contributed by atoms with Gasteiger partial charge in [-0.2, -0.15) is 0 Å². The molecule has 0 amide bonds. The van der Waals surface area contributed by atoms with Crippen LogP contribution in [0.2, 0.25) is 5.02 Å². The summed E-state index contributed by atoms with van der Waals surface area (Å²) in [6.07, 6.45) is 3.63. The van der Waals surface area contributed by atoms with E-state index in [1.54, 1.807) is 17.0 Å². The zero-order chi connectivity index (χ0) is 13.8. The highest BCUT2D eigenvalue weighted by atomic mass is 35.5. The predicted octanol–water partition coefficient (Wildman–Crippen LogP) is 3.53. The Morgan fingerprint density at radius 3 is 2.47 bits per heavy atom. The van der Waals surface area contributed by atoms with Gasteiger partial charge in [0.2, 0.25) is 0 Å². The topological polar surface area (TPSA) is 33.5 Å². The molecule has 0 N–H and O–H groups in total. The summed E-state index contributed by atoms with van der Waals surface area (Å²) in [6, 6.07) is 11.5. The highest BCUT2D eigenvalue weighted by Crippen LogP contribution is 2.22. The van der Waals surface area contributed by atoms with Gasteiger partial charge in [-0.25, -0.2) is 4.79 Å². The summed E-state index contributed by atoms with van der Waals surface area (Å²) in [6.45, 7) is 0. The maximum Gasteiger partial charge on any atom is 0.357 e. The fraction of sp³-hybridized carbons (Fsp3) is 0.133. The van der Waals surface area contributed by atoms with Gasteiger partial charge in [-0.3, -0.25) is 0 Å². The van der Waals surface area contributed by atoms with Crippen LogP contribution in [-0.2, 0) is 0 Å². The minimum absolute atomic E-state index is 0.0989. The monoisotopic (exact) mass is 275 g/mol. The zero-order valence-corrected chi connectivity index (χ0v) is 11.5. The molecule has 0 unspecified atom stereocenters. The summed E-state index contributed by atoms with van der Waals surface area (Å²) >= 11 is 5.91. The Balaban J connectivity index is 2.37. The summed E-state index contributed by atoms with van der Waals surface area (Å²) in [7, 11) is 3.65. The van der Waals surface area contributed by atoms with Crippen LogP contribution in [0.4, 0.5) is 5.69 Å². The normalized spacial score (nSPS) is 10.9. The number of nitrogens with zero attached hydrogens (tertiary/aromatic N) is 1. The van der Waals surface area contributed by atoms with Gasteiger partial charge < -0.3 is 9.32 Å². The number of halogens is 1. The molecule has 1 aromatic heterocycles. The van der Waals surface area contributed by atoms with Crippen LogP contribution in [0.5, 0.6) is 0 Å². The molecule has 19 heavy (non-hydrogen) atoms. The van der Waals surface area contributed by atoms with Crippen LogP contribution < -0.4 is 10.5 Å². The Morgan fingerprint density at radius 2 is 1.84 bits per heavy atom. The molecule has 1 heterocycles.